The molecule has 0 aromatic heterocycles. The molecule has 0 N–H and O–H groups in total. The summed E-state index contributed by atoms with van der Waals surface area (Å²) in [6.45, 7) is 2.83. The second kappa shape index (κ2) is 4.90. The van der Waals surface area contributed by atoms with Crippen molar-refractivity contribution in [2.75, 3.05) is 0 Å². The molecular formula is C6H7F2I. The van der Waals surface area contributed by atoms with E-state index < -0.39 is 12.0 Å². The lowest BCUT2D eigenvalue weighted by atomic mass is 10.2. The van der Waals surface area contributed by atoms with Crippen molar-refractivity contribution in [1.82, 2.24) is 0 Å². The Bertz CT molecular complexity index is 120. The van der Waals surface area contributed by atoms with Gasteiger partial charge in [-0.2, -0.15) is 0 Å². The minimum absolute atomic E-state index is 0.0816. The normalized spacial score (nSPS) is 14.1. The zero-order valence-corrected chi connectivity index (χ0v) is 6.94. The van der Waals surface area contributed by atoms with Crippen molar-refractivity contribution < 1.29 is 8.78 Å². The fraction of sp³-hybridized carbons (Fsp3) is 0.333. The highest BCUT2D eigenvalue weighted by atomic mass is 127. The Morgan fingerprint density at radius 3 is 2.67 bits per heavy atom. The number of hydrogen-bond acceptors (Lipinski definition) is 0. The monoisotopic (exact) mass is 244 g/mol. The standard InChI is InChI=1S/C6H7F2I/c1-5(7)6(8)3-2-4-9/h2,4,6H,1,3H2/b4-2-/t6-/m1/s1. The van der Waals surface area contributed by atoms with Gasteiger partial charge in [-0.25, -0.2) is 8.78 Å². The molecule has 0 aromatic rings. The first-order valence-corrected chi connectivity index (χ1v) is 3.66. The summed E-state index contributed by atoms with van der Waals surface area (Å²) in [5.74, 6) is -0.899. The minimum Gasteiger partial charge on any atom is -0.239 e. The van der Waals surface area contributed by atoms with Gasteiger partial charge in [-0.05, 0) is 4.08 Å². The SMILES string of the molecule is C=C(F)[C@H](F)C/C=C\I. The predicted octanol–water partition coefficient (Wildman–Crippen LogP) is 3.15. The largest absolute Gasteiger partial charge is 0.239 e. The van der Waals surface area contributed by atoms with Gasteiger partial charge in [-0.15, -0.1) is 0 Å². The second-order valence-electron chi connectivity index (χ2n) is 1.51. The molecule has 0 aliphatic rings. The molecule has 0 heterocycles. The van der Waals surface area contributed by atoms with Crippen LogP contribution in [0.5, 0.6) is 0 Å². The highest BCUT2D eigenvalue weighted by molar-refractivity contribution is 14.1. The molecule has 0 aliphatic heterocycles. The Morgan fingerprint density at radius 2 is 2.33 bits per heavy atom. The number of rotatable bonds is 3. The summed E-state index contributed by atoms with van der Waals surface area (Å²) in [4.78, 5) is 0. The average Bonchev–Trinajstić information content (AvgIpc) is 1.82. The Hall–Kier alpha value is 0.0700. The van der Waals surface area contributed by atoms with Crippen LogP contribution in [-0.4, -0.2) is 6.17 Å². The number of hydrogen-bond donors (Lipinski definition) is 0. The van der Waals surface area contributed by atoms with E-state index in [9.17, 15) is 8.78 Å². The van der Waals surface area contributed by atoms with Gasteiger partial charge in [-0.3, -0.25) is 0 Å². The maximum Gasteiger partial charge on any atom is 0.154 e. The minimum atomic E-state index is -1.53. The summed E-state index contributed by atoms with van der Waals surface area (Å²) in [7, 11) is 0. The Labute approximate surface area is 66.8 Å². The van der Waals surface area contributed by atoms with E-state index in [-0.39, 0.29) is 6.42 Å². The molecule has 0 amide bonds. The van der Waals surface area contributed by atoms with Crippen LogP contribution in [-0.2, 0) is 0 Å². The third kappa shape index (κ3) is 4.57. The molecule has 52 valence electrons. The summed E-state index contributed by atoms with van der Waals surface area (Å²) in [5, 5.41) is 0. The first kappa shape index (κ1) is 9.07. The highest BCUT2D eigenvalue weighted by Gasteiger charge is 2.06. The molecule has 0 fully saturated rings. The Kier molecular flexibility index (Phi) is 4.94. The molecule has 0 saturated heterocycles. The van der Waals surface area contributed by atoms with Crippen LogP contribution in [0.2, 0.25) is 0 Å². The number of halogens is 3. The van der Waals surface area contributed by atoms with Crippen molar-refractivity contribution in [3.8, 4) is 0 Å². The second-order valence-corrected chi connectivity index (χ2v) is 2.23. The van der Waals surface area contributed by atoms with Gasteiger partial charge in [0.15, 0.2) is 6.17 Å². The van der Waals surface area contributed by atoms with Gasteiger partial charge in [0.1, 0.15) is 5.83 Å². The zero-order valence-electron chi connectivity index (χ0n) is 4.78. The molecule has 9 heavy (non-hydrogen) atoms. The van der Waals surface area contributed by atoms with E-state index in [1.54, 1.807) is 10.2 Å². The van der Waals surface area contributed by atoms with Crippen LogP contribution in [0.3, 0.4) is 0 Å². The van der Waals surface area contributed by atoms with Crippen molar-refractivity contribution in [1.29, 1.82) is 0 Å². The maximum absolute atomic E-state index is 12.2. The van der Waals surface area contributed by atoms with Crippen LogP contribution < -0.4 is 0 Å². The van der Waals surface area contributed by atoms with Crippen LogP contribution >= 0.6 is 22.6 Å². The van der Waals surface area contributed by atoms with Crippen LogP contribution in [0.4, 0.5) is 8.78 Å². The van der Waals surface area contributed by atoms with Crippen LogP contribution in [0.25, 0.3) is 0 Å². The van der Waals surface area contributed by atoms with E-state index in [2.05, 4.69) is 6.58 Å². The lowest BCUT2D eigenvalue weighted by Crippen LogP contribution is -1.96. The fourth-order valence-corrected chi connectivity index (χ4v) is 0.592. The van der Waals surface area contributed by atoms with Crippen molar-refractivity contribution in [3.63, 3.8) is 0 Å². The molecule has 0 aromatic carbocycles. The quantitative estimate of drug-likeness (QED) is 0.669. The predicted molar refractivity (Wildman–Crippen MR) is 42.9 cm³/mol. The third-order valence-corrected chi connectivity index (χ3v) is 1.28. The van der Waals surface area contributed by atoms with E-state index in [0.29, 0.717) is 0 Å². The summed E-state index contributed by atoms with van der Waals surface area (Å²) in [5.41, 5.74) is 0. The van der Waals surface area contributed by atoms with Crippen molar-refractivity contribution >= 4 is 22.6 Å². The van der Waals surface area contributed by atoms with Gasteiger partial charge in [0.2, 0.25) is 0 Å². The first-order valence-electron chi connectivity index (χ1n) is 2.42. The summed E-state index contributed by atoms with van der Waals surface area (Å²) < 4.78 is 25.6. The molecule has 0 aliphatic carbocycles. The molecular weight excluding hydrogens is 237 g/mol. The average molecular weight is 244 g/mol. The van der Waals surface area contributed by atoms with Crippen LogP contribution in [0, 0.1) is 0 Å². The molecule has 0 rings (SSSR count). The van der Waals surface area contributed by atoms with Gasteiger partial charge in [-0.1, -0.05) is 35.2 Å². The van der Waals surface area contributed by atoms with E-state index in [0.717, 1.165) is 0 Å². The molecule has 1 atom stereocenters. The van der Waals surface area contributed by atoms with Gasteiger partial charge < -0.3 is 0 Å². The Balaban J connectivity index is 3.50. The first-order chi connectivity index (χ1) is 4.18. The molecule has 3 heteroatoms. The molecule has 0 bridgehead atoms. The highest BCUT2D eigenvalue weighted by Crippen LogP contribution is 2.10. The van der Waals surface area contributed by atoms with E-state index in [1.165, 1.54) is 0 Å². The number of alkyl halides is 1. The lowest BCUT2D eigenvalue weighted by molar-refractivity contribution is 0.330. The summed E-state index contributed by atoms with van der Waals surface area (Å²) in [6.07, 6.45) is 0.102. The van der Waals surface area contributed by atoms with Crippen LogP contribution in [0.1, 0.15) is 6.42 Å². The molecule has 0 unspecified atom stereocenters. The van der Waals surface area contributed by atoms with Crippen molar-refractivity contribution in [2.24, 2.45) is 0 Å². The smallest absolute Gasteiger partial charge is 0.154 e. The molecule has 0 radical (unpaired) electrons. The topological polar surface area (TPSA) is 0 Å². The van der Waals surface area contributed by atoms with E-state index >= 15 is 0 Å². The van der Waals surface area contributed by atoms with Crippen LogP contribution in [0.15, 0.2) is 22.6 Å². The summed E-state index contributed by atoms with van der Waals surface area (Å²) in [6, 6.07) is 0. The lowest BCUT2D eigenvalue weighted by Gasteiger charge is -1.97. The van der Waals surface area contributed by atoms with Gasteiger partial charge >= 0.3 is 0 Å². The van der Waals surface area contributed by atoms with E-state index in [1.807, 2.05) is 22.6 Å². The Morgan fingerprint density at radius 1 is 1.78 bits per heavy atom. The molecule has 0 nitrogen and oxygen atoms in total. The third-order valence-electron chi connectivity index (χ3n) is 0.772. The van der Waals surface area contributed by atoms with Gasteiger partial charge in [0, 0.05) is 6.42 Å². The summed E-state index contributed by atoms with van der Waals surface area (Å²) >= 11 is 1.94. The van der Waals surface area contributed by atoms with Crippen molar-refractivity contribution in [2.45, 2.75) is 12.6 Å². The molecule has 0 spiro atoms. The van der Waals surface area contributed by atoms with Crippen molar-refractivity contribution in [3.05, 3.63) is 22.6 Å². The molecule has 0 saturated carbocycles. The van der Waals surface area contributed by atoms with Gasteiger partial charge in [0.05, 0.1) is 0 Å². The van der Waals surface area contributed by atoms with E-state index in [4.69, 9.17) is 0 Å². The van der Waals surface area contributed by atoms with Gasteiger partial charge in [0.25, 0.3) is 0 Å². The number of allylic oxidation sites excluding steroid dienone is 2. The zero-order chi connectivity index (χ0) is 7.28. The fourth-order valence-electron chi connectivity index (χ4n) is 0.299. The maximum atomic E-state index is 12.2.